The number of aliphatic carboxylic acids is 1. The Labute approximate surface area is 115 Å². The number of carbonyl (C=O) groups is 1. The van der Waals surface area contributed by atoms with Gasteiger partial charge in [-0.3, -0.25) is 0 Å². The normalized spacial score (nSPS) is 14.6. The van der Waals surface area contributed by atoms with Gasteiger partial charge in [-0.1, -0.05) is 0 Å². The van der Waals surface area contributed by atoms with E-state index in [1.54, 1.807) is 37.5 Å². The van der Waals surface area contributed by atoms with Gasteiger partial charge < -0.3 is 19.1 Å². The van der Waals surface area contributed by atoms with Gasteiger partial charge in [0, 0.05) is 12.1 Å². The summed E-state index contributed by atoms with van der Waals surface area (Å²) in [6.07, 6.45) is 0. The van der Waals surface area contributed by atoms with Crippen molar-refractivity contribution < 1.29 is 19.4 Å². The zero-order chi connectivity index (χ0) is 14.5. The number of ether oxygens (including phenoxy) is 2. The molecule has 0 aliphatic carbocycles. The van der Waals surface area contributed by atoms with E-state index in [1.807, 2.05) is 0 Å². The third-order valence-electron chi connectivity index (χ3n) is 3.57. The number of nitrogens with zero attached hydrogens (tertiary/aromatic N) is 2. The molecule has 2 aromatic rings. The van der Waals surface area contributed by atoms with Gasteiger partial charge in [0.25, 0.3) is 0 Å². The van der Waals surface area contributed by atoms with Gasteiger partial charge in [-0.25, -0.2) is 9.78 Å². The van der Waals surface area contributed by atoms with Crippen LogP contribution in [0.15, 0.2) is 12.1 Å². The highest BCUT2D eigenvalue weighted by Gasteiger charge is 2.33. The van der Waals surface area contributed by atoms with Crippen LogP contribution in [0, 0.1) is 6.92 Å². The van der Waals surface area contributed by atoms with Gasteiger partial charge >= 0.3 is 5.97 Å². The van der Waals surface area contributed by atoms with Gasteiger partial charge in [-0.2, -0.15) is 0 Å². The molecule has 0 radical (unpaired) electrons. The molecule has 0 spiro atoms. The van der Waals surface area contributed by atoms with Crippen LogP contribution >= 0.6 is 0 Å². The molecular formula is C14H16N2O4. The lowest BCUT2D eigenvalue weighted by Gasteiger charge is -2.24. The Bertz CT molecular complexity index is 703. The van der Waals surface area contributed by atoms with Gasteiger partial charge in [0.15, 0.2) is 11.5 Å². The van der Waals surface area contributed by atoms with Gasteiger partial charge in [-0.05, 0) is 20.8 Å². The monoisotopic (exact) mass is 276 g/mol. The summed E-state index contributed by atoms with van der Waals surface area (Å²) >= 11 is 0. The van der Waals surface area contributed by atoms with E-state index < -0.39 is 11.5 Å². The van der Waals surface area contributed by atoms with E-state index in [0.29, 0.717) is 36.1 Å². The molecule has 1 aromatic heterocycles. The number of hydrogen-bond donors (Lipinski definition) is 1. The third-order valence-corrected chi connectivity index (χ3v) is 3.57. The Balaban J connectivity index is 2.28. The minimum atomic E-state index is -1.08. The molecule has 3 rings (SSSR count). The van der Waals surface area contributed by atoms with E-state index in [9.17, 15) is 9.90 Å². The maximum absolute atomic E-state index is 11.5. The molecule has 0 bridgehead atoms. The van der Waals surface area contributed by atoms with Crippen LogP contribution in [0.3, 0.4) is 0 Å². The summed E-state index contributed by atoms with van der Waals surface area (Å²) in [7, 11) is 0. The van der Waals surface area contributed by atoms with Crippen molar-refractivity contribution in [3.63, 3.8) is 0 Å². The van der Waals surface area contributed by atoms with Crippen molar-refractivity contribution >= 4 is 17.0 Å². The van der Waals surface area contributed by atoms with Crippen molar-refractivity contribution in [2.45, 2.75) is 26.3 Å². The van der Waals surface area contributed by atoms with Crippen molar-refractivity contribution in [3.8, 4) is 11.5 Å². The lowest BCUT2D eigenvalue weighted by Crippen LogP contribution is -2.36. The average Bonchev–Trinajstić information content (AvgIpc) is 2.71. The standard InChI is InChI=1S/C14H16N2O4/c1-8-15-9-6-11-12(20-5-4-19-11)7-10(9)16(8)14(2,3)13(17)18/h6-7H,4-5H2,1-3H3,(H,17,18). The first kappa shape index (κ1) is 12.8. The highest BCUT2D eigenvalue weighted by atomic mass is 16.6. The van der Waals surface area contributed by atoms with Crippen molar-refractivity contribution in [2.24, 2.45) is 0 Å². The summed E-state index contributed by atoms with van der Waals surface area (Å²) in [6, 6.07) is 3.60. The summed E-state index contributed by atoms with van der Waals surface area (Å²) in [5, 5.41) is 9.43. The fourth-order valence-electron chi connectivity index (χ4n) is 2.54. The summed E-state index contributed by atoms with van der Waals surface area (Å²) in [5.41, 5.74) is 0.364. The van der Waals surface area contributed by atoms with E-state index in [1.165, 1.54) is 0 Å². The zero-order valence-electron chi connectivity index (χ0n) is 11.6. The van der Waals surface area contributed by atoms with E-state index in [2.05, 4.69) is 4.98 Å². The molecule has 1 aliphatic heterocycles. The molecule has 1 aliphatic rings. The molecule has 6 heteroatoms. The summed E-state index contributed by atoms with van der Waals surface area (Å²) in [6.45, 7) is 6.11. The lowest BCUT2D eigenvalue weighted by molar-refractivity contribution is -0.145. The van der Waals surface area contributed by atoms with Gasteiger partial charge in [-0.15, -0.1) is 0 Å². The first-order valence-corrected chi connectivity index (χ1v) is 6.44. The molecule has 2 heterocycles. The molecule has 0 unspecified atom stereocenters. The second-order valence-electron chi connectivity index (χ2n) is 5.34. The highest BCUT2D eigenvalue weighted by molar-refractivity contribution is 5.85. The van der Waals surface area contributed by atoms with Crippen LogP contribution < -0.4 is 9.47 Å². The number of carboxylic acid groups (broad SMARTS) is 1. The molecule has 0 saturated carbocycles. The first-order valence-electron chi connectivity index (χ1n) is 6.44. The Morgan fingerprint density at radius 2 is 1.90 bits per heavy atom. The molecule has 0 atom stereocenters. The van der Waals surface area contributed by atoms with Gasteiger partial charge in [0.05, 0.1) is 11.0 Å². The number of hydrogen-bond acceptors (Lipinski definition) is 4. The number of rotatable bonds is 2. The SMILES string of the molecule is Cc1nc2cc3c(cc2n1C(C)(C)C(=O)O)OCCO3. The number of fused-ring (bicyclic) bond motifs is 2. The summed E-state index contributed by atoms with van der Waals surface area (Å²) in [4.78, 5) is 15.9. The van der Waals surface area contributed by atoms with E-state index >= 15 is 0 Å². The number of imidazole rings is 1. The van der Waals surface area contributed by atoms with Crippen LogP contribution in [0.2, 0.25) is 0 Å². The van der Waals surface area contributed by atoms with Gasteiger partial charge in [0.2, 0.25) is 0 Å². The molecular weight excluding hydrogens is 260 g/mol. The number of carboxylic acids is 1. The van der Waals surface area contributed by atoms with Crippen molar-refractivity contribution in [2.75, 3.05) is 13.2 Å². The fourth-order valence-corrected chi connectivity index (χ4v) is 2.54. The van der Waals surface area contributed by atoms with E-state index in [0.717, 1.165) is 5.52 Å². The van der Waals surface area contributed by atoms with Crippen LogP contribution in [0.5, 0.6) is 11.5 Å². The van der Waals surface area contributed by atoms with Crippen LogP contribution in [0.25, 0.3) is 11.0 Å². The van der Waals surface area contributed by atoms with Crippen molar-refractivity contribution in [1.82, 2.24) is 9.55 Å². The van der Waals surface area contributed by atoms with Gasteiger partial charge in [0.1, 0.15) is 24.6 Å². The quantitative estimate of drug-likeness (QED) is 0.907. The fraction of sp³-hybridized carbons (Fsp3) is 0.429. The number of benzene rings is 1. The topological polar surface area (TPSA) is 73.6 Å². The van der Waals surface area contributed by atoms with E-state index in [-0.39, 0.29) is 0 Å². The Kier molecular flexibility index (Phi) is 2.64. The maximum Gasteiger partial charge on any atom is 0.329 e. The molecule has 20 heavy (non-hydrogen) atoms. The molecule has 0 amide bonds. The molecule has 0 saturated heterocycles. The zero-order valence-corrected chi connectivity index (χ0v) is 11.6. The predicted octanol–water partition coefficient (Wildman–Crippen LogP) is 1.94. The molecule has 6 nitrogen and oxygen atoms in total. The maximum atomic E-state index is 11.5. The molecule has 1 aromatic carbocycles. The predicted molar refractivity (Wildman–Crippen MR) is 72.4 cm³/mol. The minimum absolute atomic E-state index is 0.494. The second kappa shape index (κ2) is 4.13. The van der Waals surface area contributed by atoms with E-state index in [4.69, 9.17) is 9.47 Å². The molecule has 106 valence electrons. The van der Waals surface area contributed by atoms with Crippen molar-refractivity contribution in [1.29, 1.82) is 0 Å². The Morgan fingerprint density at radius 1 is 1.30 bits per heavy atom. The Hall–Kier alpha value is -2.24. The lowest BCUT2D eigenvalue weighted by atomic mass is 10.1. The second-order valence-corrected chi connectivity index (χ2v) is 5.34. The summed E-state index contributed by atoms with van der Waals surface area (Å²) in [5.74, 6) is 1.03. The molecule has 1 N–H and O–H groups in total. The first-order chi connectivity index (χ1) is 9.41. The third kappa shape index (κ3) is 1.71. The highest BCUT2D eigenvalue weighted by Crippen LogP contribution is 2.36. The Morgan fingerprint density at radius 3 is 2.50 bits per heavy atom. The van der Waals surface area contributed by atoms with Crippen LogP contribution in [0.1, 0.15) is 19.7 Å². The average molecular weight is 276 g/mol. The molecule has 0 fully saturated rings. The van der Waals surface area contributed by atoms with Crippen LogP contribution in [-0.4, -0.2) is 33.8 Å². The summed E-state index contributed by atoms with van der Waals surface area (Å²) < 4.78 is 12.8. The van der Waals surface area contributed by atoms with Crippen LogP contribution in [0.4, 0.5) is 0 Å². The largest absolute Gasteiger partial charge is 0.486 e. The number of aromatic nitrogens is 2. The number of aryl methyl sites for hydroxylation is 1. The smallest absolute Gasteiger partial charge is 0.329 e. The van der Waals surface area contributed by atoms with Crippen molar-refractivity contribution in [3.05, 3.63) is 18.0 Å². The minimum Gasteiger partial charge on any atom is -0.486 e. The van der Waals surface area contributed by atoms with Crippen LogP contribution in [-0.2, 0) is 10.3 Å².